The van der Waals surface area contributed by atoms with Crippen molar-refractivity contribution in [3.05, 3.63) is 18.2 Å². The molecule has 1 N–H and O–H groups in total. The largest absolute Gasteiger partial charge is 0.497 e. The van der Waals surface area contributed by atoms with Crippen LogP contribution in [0.25, 0.3) is 10.2 Å². The van der Waals surface area contributed by atoms with Gasteiger partial charge in [-0.25, -0.2) is 4.98 Å². The molecule has 9 heteroatoms. The predicted octanol–water partition coefficient (Wildman–Crippen LogP) is 2.42. The van der Waals surface area contributed by atoms with Crippen LogP contribution in [-0.4, -0.2) is 43.8 Å². The molecule has 0 atom stereocenters. The van der Waals surface area contributed by atoms with Crippen LogP contribution in [0.4, 0.5) is 18.3 Å². The summed E-state index contributed by atoms with van der Waals surface area (Å²) in [7, 11) is 1.58. The molecule has 1 fully saturated rings. The van der Waals surface area contributed by atoms with Crippen molar-refractivity contribution in [2.24, 2.45) is 5.92 Å². The van der Waals surface area contributed by atoms with E-state index in [0.717, 1.165) is 15.3 Å². The molecule has 0 radical (unpaired) electrons. The summed E-state index contributed by atoms with van der Waals surface area (Å²) in [6, 6.07) is 5.57. The molecule has 0 saturated carbocycles. The molecule has 1 aromatic heterocycles. The number of hydrogen-bond donors (Lipinski definition) is 1. The van der Waals surface area contributed by atoms with Gasteiger partial charge in [-0.2, -0.15) is 13.2 Å². The lowest BCUT2D eigenvalue weighted by molar-refractivity contribution is -0.141. The number of hydrogen-bond acceptors (Lipinski definition) is 5. The number of carbonyl (C=O) groups excluding carboxylic acids is 1. The lowest BCUT2D eigenvalue weighted by Gasteiger charge is -2.37. The minimum Gasteiger partial charge on any atom is -0.497 e. The zero-order valence-electron chi connectivity index (χ0n) is 12.2. The van der Waals surface area contributed by atoms with Crippen molar-refractivity contribution < 1.29 is 22.7 Å². The quantitative estimate of drug-likeness (QED) is 0.925. The maximum Gasteiger partial charge on any atom is 0.405 e. The first kappa shape index (κ1) is 15.9. The van der Waals surface area contributed by atoms with E-state index in [1.54, 1.807) is 7.11 Å². The van der Waals surface area contributed by atoms with E-state index < -0.39 is 24.5 Å². The van der Waals surface area contributed by atoms with Gasteiger partial charge in [0.25, 0.3) is 0 Å². The van der Waals surface area contributed by atoms with E-state index in [4.69, 9.17) is 4.74 Å². The van der Waals surface area contributed by atoms with Crippen LogP contribution in [0.1, 0.15) is 0 Å². The van der Waals surface area contributed by atoms with Crippen molar-refractivity contribution in [3.63, 3.8) is 0 Å². The van der Waals surface area contributed by atoms with E-state index in [0.29, 0.717) is 18.8 Å². The van der Waals surface area contributed by atoms with E-state index >= 15 is 0 Å². The molecule has 1 aliphatic rings. The Morgan fingerprint density at radius 2 is 2.22 bits per heavy atom. The first-order chi connectivity index (χ1) is 10.9. The van der Waals surface area contributed by atoms with E-state index in [1.165, 1.54) is 11.3 Å². The van der Waals surface area contributed by atoms with Gasteiger partial charge in [0.15, 0.2) is 5.13 Å². The van der Waals surface area contributed by atoms with Crippen LogP contribution in [-0.2, 0) is 4.79 Å². The molecule has 1 saturated heterocycles. The molecular formula is C14H14F3N3O2S. The normalized spacial score (nSPS) is 15.6. The lowest BCUT2D eigenvalue weighted by atomic mass is 10.0. The van der Waals surface area contributed by atoms with Gasteiger partial charge in [-0.3, -0.25) is 4.79 Å². The number of aromatic nitrogens is 1. The molecule has 5 nitrogen and oxygen atoms in total. The highest BCUT2D eigenvalue weighted by atomic mass is 32.1. The number of ether oxygens (including phenoxy) is 1. The summed E-state index contributed by atoms with van der Waals surface area (Å²) in [5.41, 5.74) is 0.800. The third-order valence-electron chi connectivity index (χ3n) is 3.57. The molecule has 23 heavy (non-hydrogen) atoms. The predicted molar refractivity (Wildman–Crippen MR) is 80.9 cm³/mol. The van der Waals surface area contributed by atoms with Crippen molar-refractivity contribution in [3.8, 4) is 5.75 Å². The Balaban J connectivity index is 1.60. The summed E-state index contributed by atoms with van der Waals surface area (Å²) in [4.78, 5) is 18.0. The van der Waals surface area contributed by atoms with Crippen LogP contribution in [0.5, 0.6) is 5.75 Å². The number of methoxy groups -OCH3 is 1. The Bertz CT molecular complexity index is 726. The summed E-state index contributed by atoms with van der Waals surface area (Å²) in [5, 5.41) is 2.67. The van der Waals surface area contributed by atoms with E-state index in [1.807, 2.05) is 28.4 Å². The number of halogens is 3. The van der Waals surface area contributed by atoms with E-state index in [9.17, 15) is 18.0 Å². The highest BCUT2D eigenvalue weighted by Gasteiger charge is 2.36. The number of benzene rings is 1. The molecule has 124 valence electrons. The maximum atomic E-state index is 12.1. The highest BCUT2D eigenvalue weighted by Crippen LogP contribution is 2.34. The van der Waals surface area contributed by atoms with Gasteiger partial charge < -0.3 is 15.0 Å². The lowest BCUT2D eigenvalue weighted by Crippen LogP contribution is -2.54. The number of fused-ring (bicyclic) bond motifs is 1. The monoisotopic (exact) mass is 345 g/mol. The molecule has 0 aliphatic carbocycles. The van der Waals surface area contributed by atoms with Gasteiger partial charge in [0.05, 0.1) is 23.2 Å². The molecule has 2 heterocycles. The number of carbonyl (C=O) groups is 1. The first-order valence-corrected chi connectivity index (χ1v) is 7.71. The summed E-state index contributed by atoms with van der Waals surface area (Å²) in [6.07, 6.45) is -4.38. The fraction of sp³-hybridized carbons (Fsp3) is 0.429. The van der Waals surface area contributed by atoms with Crippen molar-refractivity contribution >= 4 is 32.6 Å². The molecule has 1 amide bonds. The standard InChI is InChI=1S/C14H14F3N3O2S/c1-22-9-2-3-11-10(4-9)19-13(23-11)20-5-8(6-20)12(21)18-7-14(15,16)17/h2-4,8H,5-7H2,1H3,(H,18,21). The van der Waals surface area contributed by atoms with Gasteiger partial charge in [0.2, 0.25) is 5.91 Å². The van der Waals surface area contributed by atoms with Crippen LogP contribution in [0, 0.1) is 5.92 Å². The Labute approximate surface area is 134 Å². The molecule has 2 aromatic rings. The Morgan fingerprint density at radius 1 is 1.48 bits per heavy atom. The van der Waals surface area contributed by atoms with E-state index in [-0.39, 0.29) is 0 Å². The third kappa shape index (κ3) is 3.49. The SMILES string of the molecule is COc1ccc2sc(N3CC(C(=O)NCC(F)(F)F)C3)nc2c1. The summed E-state index contributed by atoms with van der Waals surface area (Å²) in [5.74, 6) is -0.289. The van der Waals surface area contributed by atoms with Crippen molar-refractivity contribution in [1.82, 2.24) is 10.3 Å². The highest BCUT2D eigenvalue weighted by molar-refractivity contribution is 7.22. The molecule has 1 aromatic carbocycles. The van der Waals surface area contributed by atoms with Gasteiger partial charge in [-0.1, -0.05) is 11.3 Å². The fourth-order valence-electron chi connectivity index (χ4n) is 2.29. The Hall–Kier alpha value is -2.03. The average Bonchev–Trinajstić information content (AvgIpc) is 2.84. The molecular weight excluding hydrogens is 331 g/mol. The van der Waals surface area contributed by atoms with Crippen LogP contribution in [0.15, 0.2) is 18.2 Å². The minimum absolute atomic E-state index is 0.376. The molecule has 1 aliphatic heterocycles. The second kappa shape index (κ2) is 5.88. The van der Waals surface area contributed by atoms with Crippen molar-refractivity contribution in [1.29, 1.82) is 0 Å². The van der Waals surface area contributed by atoms with E-state index in [2.05, 4.69) is 4.98 Å². The summed E-state index contributed by atoms with van der Waals surface area (Å²) < 4.78 is 42.4. The maximum absolute atomic E-state index is 12.1. The second-order valence-corrected chi connectivity index (χ2v) is 6.27. The van der Waals surface area contributed by atoms with Gasteiger partial charge in [-0.05, 0) is 12.1 Å². The topological polar surface area (TPSA) is 54.5 Å². The number of rotatable bonds is 4. The smallest absolute Gasteiger partial charge is 0.405 e. The van der Waals surface area contributed by atoms with Gasteiger partial charge in [-0.15, -0.1) is 0 Å². The number of amides is 1. The van der Waals surface area contributed by atoms with Crippen molar-refractivity contribution in [2.75, 3.05) is 31.6 Å². The third-order valence-corrected chi connectivity index (χ3v) is 4.67. The van der Waals surface area contributed by atoms with Crippen LogP contribution in [0.2, 0.25) is 0 Å². The van der Waals surface area contributed by atoms with Crippen LogP contribution >= 0.6 is 11.3 Å². The Morgan fingerprint density at radius 3 is 2.87 bits per heavy atom. The number of anilines is 1. The van der Waals surface area contributed by atoms with Gasteiger partial charge >= 0.3 is 6.18 Å². The van der Waals surface area contributed by atoms with Gasteiger partial charge in [0.1, 0.15) is 12.3 Å². The molecule has 0 unspecified atom stereocenters. The number of nitrogens with zero attached hydrogens (tertiary/aromatic N) is 2. The number of nitrogens with one attached hydrogen (secondary N) is 1. The van der Waals surface area contributed by atoms with Crippen LogP contribution < -0.4 is 15.0 Å². The fourth-order valence-corrected chi connectivity index (χ4v) is 3.25. The Kier molecular flexibility index (Phi) is 4.05. The minimum atomic E-state index is -4.38. The molecule has 0 bridgehead atoms. The zero-order chi connectivity index (χ0) is 16.6. The molecule has 3 rings (SSSR count). The second-order valence-electron chi connectivity index (χ2n) is 5.26. The average molecular weight is 345 g/mol. The molecule has 0 spiro atoms. The summed E-state index contributed by atoms with van der Waals surface area (Å²) in [6.45, 7) is -0.537. The van der Waals surface area contributed by atoms with Crippen LogP contribution in [0.3, 0.4) is 0 Å². The number of alkyl halides is 3. The van der Waals surface area contributed by atoms with Gasteiger partial charge in [0, 0.05) is 19.2 Å². The zero-order valence-corrected chi connectivity index (χ0v) is 13.0. The number of thiazole rings is 1. The van der Waals surface area contributed by atoms with Crippen molar-refractivity contribution in [2.45, 2.75) is 6.18 Å². The first-order valence-electron chi connectivity index (χ1n) is 6.90. The summed E-state index contributed by atoms with van der Waals surface area (Å²) >= 11 is 1.48.